The van der Waals surface area contributed by atoms with Crippen molar-refractivity contribution in [2.24, 2.45) is 0 Å². The number of ether oxygens (including phenoxy) is 2. The van der Waals surface area contributed by atoms with E-state index in [0.717, 1.165) is 5.56 Å². The number of aryl methyl sites for hydroxylation is 1. The van der Waals surface area contributed by atoms with Crippen LogP contribution < -0.4 is 14.8 Å². The van der Waals surface area contributed by atoms with Gasteiger partial charge in [0.25, 0.3) is 0 Å². The second kappa shape index (κ2) is 8.77. The van der Waals surface area contributed by atoms with Crippen LogP contribution in [0, 0.1) is 12.7 Å². The Bertz CT molecular complexity index is 1010. The van der Waals surface area contributed by atoms with Crippen LogP contribution in [0.25, 0.3) is 6.08 Å². The lowest BCUT2D eigenvalue weighted by atomic mass is 10.1. The van der Waals surface area contributed by atoms with Gasteiger partial charge in [-0.25, -0.2) is 14.4 Å². The van der Waals surface area contributed by atoms with Crippen molar-refractivity contribution in [1.29, 1.82) is 0 Å². The molecule has 0 aliphatic carbocycles. The van der Waals surface area contributed by atoms with E-state index >= 15 is 0 Å². The molecule has 0 aliphatic rings. The third-order valence-corrected chi connectivity index (χ3v) is 3.81. The molecule has 28 heavy (non-hydrogen) atoms. The fraction of sp³-hybridized carbons (Fsp3) is 0.0952. The summed E-state index contributed by atoms with van der Waals surface area (Å²) in [5.74, 6) is -0.107. The average Bonchev–Trinajstić information content (AvgIpc) is 2.69. The van der Waals surface area contributed by atoms with Gasteiger partial charge in [-0.2, -0.15) is 0 Å². The van der Waals surface area contributed by atoms with Crippen LogP contribution in [0.5, 0.6) is 17.5 Å². The quantitative estimate of drug-likeness (QED) is 0.644. The Morgan fingerprint density at radius 2 is 1.93 bits per heavy atom. The summed E-state index contributed by atoms with van der Waals surface area (Å²) in [5, 5.41) is 2.78. The molecule has 142 valence electrons. The number of methoxy groups -OCH3 is 1. The number of benzene rings is 2. The van der Waals surface area contributed by atoms with Crippen LogP contribution in [0.1, 0.15) is 11.1 Å². The van der Waals surface area contributed by atoms with Crippen LogP contribution in [0.3, 0.4) is 0 Å². The molecule has 0 unspecified atom stereocenters. The number of anilines is 1. The van der Waals surface area contributed by atoms with Crippen molar-refractivity contribution >= 4 is 17.7 Å². The van der Waals surface area contributed by atoms with Gasteiger partial charge in [-0.15, -0.1) is 0 Å². The minimum absolute atomic E-state index is 0.153. The van der Waals surface area contributed by atoms with Crippen LogP contribution >= 0.6 is 0 Å². The highest BCUT2D eigenvalue weighted by Crippen LogP contribution is 2.24. The fourth-order valence-electron chi connectivity index (χ4n) is 2.42. The Balaban J connectivity index is 1.64. The van der Waals surface area contributed by atoms with Gasteiger partial charge in [0.05, 0.1) is 7.11 Å². The molecule has 3 rings (SSSR count). The van der Waals surface area contributed by atoms with Crippen LogP contribution in [0.4, 0.5) is 10.1 Å². The Morgan fingerprint density at radius 1 is 1.14 bits per heavy atom. The molecule has 0 bridgehead atoms. The number of hydrogen-bond donors (Lipinski definition) is 1. The van der Waals surface area contributed by atoms with E-state index in [1.807, 2.05) is 6.92 Å². The Labute approximate surface area is 161 Å². The molecule has 1 heterocycles. The lowest BCUT2D eigenvalue weighted by molar-refractivity contribution is -0.111. The van der Waals surface area contributed by atoms with Gasteiger partial charge >= 0.3 is 6.01 Å². The van der Waals surface area contributed by atoms with Gasteiger partial charge in [0, 0.05) is 24.2 Å². The maximum atomic E-state index is 13.7. The van der Waals surface area contributed by atoms with Crippen molar-refractivity contribution in [2.75, 3.05) is 12.4 Å². The predicted molar refractivity (Wildman–Crippen MR) is 104 cm³/mol. The van der Waals surface area contributed by atoms with Crippen molar-refractivity contribution < 1.29 is 18.7 Å². The minimum atomic E-state index is -0.487. The summed E-state index contributed by atoms with van der Waals surface area (Å²) in [6.07, 6.45) is 6.04. The molecule has 6 nitrogen and oxygen atoms in total. The largest absolute Gasteiger partial charge is 0.494 e. The molecule has 1 N–H and O–H groups in total. The number of hydrogen-bond acceptors (Lipinski definition) is 5. The fourth-order valence-corrected chi connectivity index (χ4v) is 2.42. The van der Waals surface area contributed by atoms with Gasteiger partial charge in [-0.3, -0.25) is 4.79 Å². The van der Waals surface area contributed by atoms with Gasteiger partial charge in [0.15, 0.2) is 11.6 Å². The highest BCUT2D eigenvalue weighted by molar-refractivity contribution is 6.02. The molecule has 0 saturated carbocycles. The van der Waals surface area contributed by atoms with Crippen molar-refractivity contribution in [3.8, 4) is 17.5 Å². The molecular formula is C21H18FN3O3. The first-order chi connectivity index (χ1) is 13.5. The third-order valence-electron chi connectivity index (χ3n) is 3.81. The number of carbonyl (C=O) groups excluding carboxylic acids is 1. The summed E-state index contributed by atoms with van der Waals surface area (Å²) in [4.78, 5) is 20.2. The van der Waals surface area contributed by atoms with Crippen molar-refractivity contribution in [1.82, 2.24) is 9.97 Å². The van der Waals surface area contributed by atoms with Crippen LogP contribution in [0.2, 0.25) is 0 Å². The predicted octanol–water partition coefficient (Wildman–Crippen LogP) is 4.38. The Hall–Kier alpha value is -3.74. The van der Waals surface area contributed by atoms with E-state index in [4.69, 9.17) is 9.47 Å². The van der Waals surface area contributed by atoms with Crippen LogP contribution in [0.15, 0.2) is 60.9 Å². The summed E-state index contributed by atoms with van der Waals surface area (Å²) < 4.78 is 24.1. The monoisotopic (exact) mass is 379 g/mol. The maximum absolute atomic E-state index is 13.7. The van der Waals surface area contributed by atoms with Crippen molar-refractivity contribution in [2.45, 2.75) is 6.92 Å². The molecule has 0 atom stereocenters. The normalized spacial score (nSPS) is 10.7. The van der Waals surface area contributed by atoms with E-state index < -0.39 is 5.82 Å². The Kier molecular flexibility index (Phi) is 5.96. The zero-order valence-electron chi connectivity index (χ0n) is 15.3. The van der Waals surface area contributed by atoms with Crippen molar-refractivity contribution in [3.63, 3.8) is 0 Å². The zero-order chi connectivity index (χ0) is 19.9. The summed E-state index contributed by atoms with van der Waals surface area (Å²) in [5.41, 5.74) is 2.00. The van der Waals surface area contributed by atoms with Gasteiger partial charge in [-0.05, 0) is 60.5 Å². The van der Waals surface area contributed by atoms with E-state index in [1.54, 1.807) is 42.7 Å². The third kappa shape index (κ3) is 4.91. The summed E-state index contributed by atoms with van der Waals surface area (Å²) in [6, 6.07) is 11.6. The number of halogens is 1. The summed E-state index contributed by atoms with van der Waals surface area (Å²) >= 11 is 0. The molecule has 7 heteroatoms. The molecular weight excluding hydrogens is 361 g/mol. The van der Waals surface area contributed by atoms with Gasteiger partial charge < -0.3 is 14.8 Å². The second-order valence-electron chi connectivity index (χ2n) is 5.83. The lowest BCUT2D eigenvalue weighted by Crippen LogP contribution is -2.09. The van der Waals surface area contributed by atoms with Gasteiger partial charge in [0.1, 0.15) is 5.75 Å². The molecule has 3 aromatic rings. The second-order valence-corrected chi connectivity index (χ2v) is 5.83. The number of amides is 1. The lowest BCUT2D eigenvalue weighted by Gasteiger charge is -2.09. The Morgan fingerprint density at radius 3 is 2.61 bits per heavy atom. The molecule has 1 amide bonds. The first-order valence-corrected chi connectivity index (χ1v) is 8.43. The molecule has 0 radical (unpaired) electrons. The SMILES string of the molecule is COc1ccc(C=CC(=O)Nc2ccc(Oc3ncccn3)cc2C)cc1F. The average molecular weight is 379 g/mol. The van der Waals surface area contributed by atoms with E-state index in [-0.39, 0.29) is 17.7 Å². The van der Waals surface area contributed by atoms with E-state index in [9.17, 15) is 9.18 Å². The van der Waals surface area contributed by atoms with E-state index in [1.165, 1.54) is 31.4 Å². The molecule has 1 aromatic heterocycles. The van der Waals surface area contributed by atoms with Crippen molar-refractivity contribution in [3.05, 3.63) is 77.9 Å². The highest BCUT2D eigenvalue weighted by Gasteiger charge is 2.06. The highest BCUT2D eigenvalue weighted by atomic mass is 19.1. The molecule has 0 saturated heterocycles. The number of nitrogens with zero attached hydrogens (tertiary/aromatic N) is 2. The van der Waals surface area contributed by atoms with Crippen LogP contribution in [-0.4, -0.2) is 23.0 Å². The molecule has 0 fully saturated rings. The number of nitrogens with one attached hydrogen (secondary N) is 1. The molecule has 2 aromatic carbocycles. The van der Waals surface area contributed by atoms with Gasteiger partial charge in [0.2, 0.25) is 5.91 Å². The standard InChI is InChI=1S/C21H18FN3O3/c1-14-12-16(28-21-23-10-3-11-24-21)6-7-18(14)25-20(26)9-5-15-4-8-19(27-2)17(22)13-15/h3-13H,1-2H3,(H,25,26). The molecule has 0 aliphatic heterocycles. The maximum Gasteiger partial charge on any atom is 0.321 e. The van der Waals surface area contributed by atoms with E-state index in [2.05, 4.69) is 15.3 Å². The smallest absolute Gasteiger partial charge is 0.321 e. The first-order valence-electron chi connectivity index (χ1n) is 8.43. The number of aromatic nitrogens is 2. The number of carbonyl (C=O) groups is 1. The molecule has 0 spiro atoms. The topological polar surface area (TPSA) is 73.3 Å². The van der Waals surface area contributed by atoms with Crippen LogP contribution in [-0.2, 0) is 4.79 Å². The summed E-state index contributed by atoms with van der Waals surface area (Å²) in [7, 11) is 1.40. The minimum Gasteiger partial charge on any atom is -0.494 e. The first kappa shape index (κ1) is 19.0. The van der Waals surface area contributed by atoms with E-state index in [0.29, 0.717) is 17.0 Å². The zero-order valence-corrected chi connectivity index (χ0v) is 15.3. The van der Waals surface area contributed by atoms with Gasteiger partial charge in [-0.1, -0.05) is 6.07 Å². The number of rotatable bonds is 6. The summed E-state index contributed by atoms with van der Waals surface area (Å²) in [6.45, 7) is 1.84.